The number of rotatable bonds is 5. The second-order valence-corrected chi connectivity index (χ2v) is 7.44. The Morgan fingerprint density at radius 2 is 1.66 bits per heavy atom. The van der Waals surface area contributed by atoms with Crippen molar-refractivity contribution in [2.24, 2.45) is 0 Å². The largest absolute Gasteiger partial charge is 0.375 e. The van der Waals surface area contributed by atoms with E-state index in [4.69, 9.17) is 11.6 Å². The molecule has 1 atom stereocenters. The van der Waals surface area contributed by atoms with Crippen molar-refractivity contribution < 1.29 is 19.1 Å². The van der Waals surface area contributed by atoms with Gasteiger partial charge in [0.1, 0.15) is 5.82 Å². The SMILES string of the molecule is O=C(CC1(O)C(=O)N(Cc2ccc(Cl)cc2)c2ccccc21)c1ccc(F)cc1. The quantitative estimate of drug-likeness (QED) is 0.632. The summed E-state index contributed by atoms with van der Waals surface area (Å²) in [6.45, 7) is 0.236. The maximum atomic E-state index is 13.2. The van der Waals surface area contributed by atoms with Crippen LogP contribution in [0.4, 0.5) is 10.1 Å². The number of halogens is 2. The Balaban J connectivity index is 1.66. The minimum atomic E-state index is -1.98. The summed E-state index contributed by atoms with van der Waals surface area (Å²) >= 11 is 5.93. The fourth-order valence-corrected chi connectivity index (χ4v) is 3.70. The van der Waals surface area contributed by atoms with Gasteiger partial charge in [0.15, 0.2) is 11.4 Å². The van der Waals surface area contributed by atoms with Gasteiger partial charge in [-0.3, -0.25) is 9.59 Å². The molecule has 1 aliphatic rings. The Morgan fingerprint density at radius 3 is 2.34 bits per heavy atom. The number of Topliss-reactive ketones (excluding diaryl/α,β-unsaturated/α-hetero) is 1. The van der Waals surface area contributed by atoms with Gasteiger partial charge in [0, 0.05) is 16.1 Å². The third-order valence-corrected chi connectivity index (χ3v) is 5.33. The van der Waals surface area contributed by atoms with Crippen LogP contribution in [0.25, 0.3) is 0 Å². The molecule has 4 rings (SSSR count). The number of aliphatic hydroxyl groups is 1. The summed E-state index contributed by atoms with van der Waals surface area (Å²) in [5.41, 5.74) is 0.0401. The van der Waals surface area contributed by atoms with Crippen LogP contribution in [0.1, 0.15) is 27.9 Å². The lowest BCUT2D eigenvalue weighted by Gasteiger charge is -2.23. The van der Waals surface area contributed by atoms with Crippen molar-refractivity contribution >= 4 is 29.0 Å². The molecule has 0 spiro atoms. The molecule has 0 saturated carbocycles. The number of anilines is 1. The zero-order valence-electron chi connectivity index (χ0n) is 15.3. The monoisotopic (exact) mass is 409 g/mol. The fraction of sp³-hybridized carbons (Fsp3) is 0.130. The van der Waals surface area contributed by atoms with Crippen molar-refractivity contribution in [1.82, 2.24) is 0 Å². The summed E-state index contributed by atoms with van der Waals surface area (Å²) in [7, 11) is 0. The summed E-state index contributed by atoms with van der Waals surface area (Å²) < 4.78 is 13.1. The summed E-state index contributed by atoms with van der Waals surface area (Å²) in [6, 6.07) is 19.0. The third kappa shape index (κ3) is 3.55. The van der Waals surface area contributed by atoms with Crippen molar-refractivity contribution in [2.75, 3.05) is 4.90 Å². The van der Waals surface area contributed by atoms with E-state index in [9.17, 15) is 19.1 Å². The Hall–Kier alpha value is -3.02. The number of benzene rings is 3. The van der Waals surface area contributed by atoms with Crippen molar-refractivity contribution in [1.29, 1.82) is 0 Å². The van der Waals surface area contributed by atoms with Crippen LogP contribution in [0.2, 0.25) is 5.02 Å². The highest BCUT2D eigenvalue weighted by molar-refractivity contribution is 6.30. The zero-order chi connectivity index (χ0) is 20.6. The molecule has 146 valence electrons. The van der Waals surface area contributed by atoms with Gasteiger partial charge in [-0.1, -0.05) is 41.9 Å². The van der Waals surface area contributed by atoms with Gasteiger partial charge in [-0.2, -0.15) is 0 Å². The van der Waals surface area contributed by atoms with Crippen molar-refractivity contribution in [2.45, 2.75) is 18.6 Å². The number of carbonyl (C=O) groups is 2. The van der Waals surface area contributed by atoms with E-state index in [1.807, 2.05) is 0 Å². The molecule has 1 N–H and O–H groups in total. The van der Waals surface area contributed by atoms with E-state index in [0.29, 0.717) is 16.3 Å². The molecule has 0 aliphatic carbocycles. The van der Waals surface area contributed by atoms with Crippen LogP contribution in [0.3, 0.4) is 0 Å². The van der Waals surface area contributed by atoms with E-state index < -0.39 is 29.5 Å². The Labute approximate surface area is 172 Å². The number of hydrogen-bond acceptors (Lipinski definition) is 3. The van der Waals surface area contributed by atoms with E-state index in [1.54, 1.807) is 48.5 Å². The van der Waals surface area contributed by atoms with E-state index in [1.165, 1.54) is 29.2 Å². The Kier molecular flexibility index (Phi) is 4.94. The molecule has 0 bridgehead atoms. The Morgan fingerprint density at radius 1 is 1.00 bits per heavy atom. The highest BCUT2D eigenvalue weighted by Crippen LogP contribution is 2.43. The number of nitrogens with zero attached hydrogens (tertiary/aromatic N) is 1. The second kappa shape index (κ2) is 7.43. The van der Waals surface area contributed by atoms with E-state index >= 15 is 0 Å². The molecule has 29 heavy (non-hydrogen) atoms. The van der Waals surface area contributed by atoms with Gasteiger partial charge in [0.05, 0.1) is 18.7 Å². The number of fused-ring (bicyclic) bond motifs is 1. The standard InChI is InChI=1S/C23H17ClFNO3/c24-17-9-5-15(6-10-17)14-26-20-4-2-1-3-19(20)23(29,22(26)28)13-21(27)16-7-11-18(25)12-8-16/h1-12,29H,13-14H2. The van der Waals surface area contributed by atoms with Gasteiger partial charge in [-0.25, -0.2) is 4.39 Å². The lowest BCUT2D eigenvalue weighted by Crippen LogP contribution is -2.41. The zero-order valence-corrected chi connectivity index (χ0v) is 16.1. The van der Waals surface area contributed by atoms with Crippen LogP contribution >= 0.6 is 11.6 Å². The van der Waals surface area contributed by atoms with Crippen LogP contribution < -0.4 is 4.90 Å². The average Bonchev–Trinajstić information content (AvgIpc) is 2.92. The third-order valence-electron chi connectivity index (χ3n) is 5.08. The first-order chi connectivity index (χ1) is 13.9. The predicted molar refractivity (Wildman–Crippen MR) is 108 cm³/mol. The summed E-state index contributed by atoms with van der Waals surface area (Å²) in [6.07, 6.45) is -0.425. The van der Waals surface area contributed by atoms with Crippen LogP contribution in [0, 0.1) is 5.82 Å². The smallest absolute Gasteiger partial charge is 0.264 e. The molecule has 0 radical (unpaired) electrons. The van der Waals surface area contributed by atoms with Gasteiger partial charge in [-0.15, -0.1) is 0 Å². The molecule has 0 aromatic heterocycles. The maximum Gasteiger partial charge on any atom is 0.264 e. The Bertz CT molecular complexity index is 1080. The van der Waals surface area contributed by atoms with Crippen LogP contribution in [0.15, 0.2) is 72.8 Å². The fourth-order valence-electron chi connectivity index (χ4n) is 3.58. The minimum Gasteiger partial charge on any atom is -0.375 e. The highest BCUT2D eigenvalue weighted by Gasteiger charge is 2.50. The number of amides is 1. The maximum absolute atomic E-state index is 13.2. The lowest BCUT2D eigenvalue weighted by atomic mass is 9.88. The molecular formula is C23H17ClFNO3. The lowest BCUT2D eigenvalue weighted by molar-refractivity contribution is -0.136. The van der Waals surface area contributed by atoms with Gasteiger partial charge in [-0.05, 0) is 48.0 Å². The second-order valence-electron chi connectivity index (χ2n) is 7.00. The van der Waals surface area contributed by atoms with Crippen molar-refractivity contribution in [3.8, 4) is 0 Å². The molecule has 4 nitrogen and oxygen atoms in total. The molecule has 3 aromatic rings. The molecule has 1 amide bonds. The molecule has 1 heterocycles. The number of hydrogen-bond donors (Lipinski definition) is 1. The van der Waals surface area contributed by atoms with E-state index in [-0.39, 0.29) is 12.1 Å². The molecule has 1 aliphatic heterocycles. The molecular weight excluding hydrogens is 393 g/mol. The van der Waals surface area contributed by atoms with Crippen LogP contribution in [-0.2, 0) is 16.9 Å². The molecule has 6 heteroatoms. The number of ketones is 1. The molecule has 0 saturated heterocycles. The van der Waals surface area contributed by atoms with Crippen LogP contribution in [0.5, 0.6) is 0 Å². The van der Waals surface area contributed by atoms with Gasteiger partial charge < -0.3 is 10.0 Å². The normalized spacial score (nSPS) is 18.0. The van der Waals surface area contributed by atoms with Crippen LogP contribution in [-0.4, -0.2) is 16.8 Å². The molecule has 0 fully saturated rings. The van der Waals surface area contributed by atoms with Gasteiger partial charge in [0.2, 0.25) is 0 Å². The van der Waals surface area contributed by atoms with Gasteiger partial charge >= 0.3 is 0 Å². The average molecular weight is 410 g/mol. The summed E-state index contributed by atoms with van der Waals surface area (Å²) in [5, 5.41) is 11.9. The van der Waals surface area contributed by atoms with E-state index in [2.05, 4.69) is 0 Å². The topological polar surface area (TPSA) is 57.6 Å². The summed E-state index contributed by atoms with van der Waals surface area (Å²) in [5.74, 6) is -1.47. The predicted octanol–water partition coefficient (Wildman–Crippen LogP) is 4.49. The van der Waals surface area contributed by atoms with E-state index in [0.717, 1.165) is 5.56 Å². The first-order valence-electron chi connectivity index (χ1n) is 9.05. The summed E-state index contributed by atoms with van der Waals surface area (Å²) in [4.78, 5) is 27.4. The molecule has 1 unspecified atom stereocenters. The first kappa shape index (κ1) is 19.3. The number of carbonyl (C=O) groups excluding carboxylic acids is 2. The highest BCUT2D eigenvalue weighted by atomic mass is 35.5. The van der Waals surface area contributed by atoms with Gasteiger partial charge in [0.25, 0.3) is 5.91 Å². The van der Waals surface area contributed by atoms with Crippen molar-refractivity contribution in [3.05, 3.63) is 100 Å². The van der Waals surface area contributed by atoms with Crippen molar-refractivity contribution in [3.63, 3.8) is 0 Å². The number of para-hydroxylation sites is 1. The minimum absolute atomic E-state index is 0.236. The first-order valence-corrected chi connectivity index (χ1v) is 9.43. The molecule has 3 aromatic carbocycles.